The molecule has 0 N–H and O–H groups in total. The summed E-state index contributed by atoms with van der Waals surface area (Å²) in [5.74, 6) is -0.0235. The van der Waals surface area contributed by atoms with Crippen molar-refractivity contribution in [3.8, 4) is 5.75 Å². The number of ketones is 2. The van der Waals surface area contributed by atoms with E-state index >= 15 is 0 Å². The Morgan fingerprint density at radius 2 is 1.84 bits per heavy atom. The molecule has 94 valence electrons. The van der Waals surface area contributed by atoms with Crippen molar-refractivity contribution in [1.29, 1.82) is 0 Å². The number of carbonyl (C=O) groups excluding carboxylic acids is 2. The average Bonchev–Trinajstić information content (AvgIpc) is 2.43. The first kappa shape index (κ1) is 11.6. The third kappa shape index (κ3) is 1.50. The van der Waals surface area contributed by atoms with Gasteiger partial charge in [-0.1, -0.05) is 12.1 Å². The molecule has 1 aliphatic rings. The molecule has 3 rings (SSSR count). The van der Waals surface area contributed by atoms with Crippen LogP contribution in [0, 0.1) is 6.92 Å². The van der Waals surface area contributed by atoms with E-state index in [1.807, 2.05) is 0 Å². The second kappa shape index (κ2) is 4.02. The summed E-state index contributed by atoms with van der Waals surface area (Å²) in [5, 5.41) is 0. The Morgan fingerprint density at radius 1 is 1.05 bits per heavy atom. The van der Waals surface area contributed by atoms with Gasteiger partial charge in [0, 0.05) is 11.8 Å². The lowest BCUT2D eigenvalue weighted by atomic mass is 9.84. The standard InChI is InChI=1S/C15H11NO3/c1-8-6-7-16-13-11(8)14(17)9-4-3-5-10(19-2)12(9)15(13)18/h3-7H,1-2H3. The highest BCUT2D eigenvalue weighted by atomic mass is 16.5. The third-order valence-corrected chi connectivity index (χ3v) is 3.32. The summed E-state index contributed by atoms with van der Waals surface area (Å²) in [5.41, 5.74) is 2.06. The van der Waals surface area contributed by atoms with Crippen LogP contribution in [0.15, 0.2) is 30.5 Å². The second-order valence-corrected chi connectivity index (χ2v) is 4.39. The molecule has 0 bridgehead atoms. The van der Waals surface area contributed by atoms with Crippen molar-refractivity contribution in [3.63, 3.8) is 0 Å². The van der Waals surface area contributed by atoms with E-state index in [-0.39, 0.29) is 17.3 Å². The first-order chi connectivity index (χ1) is 9.15. The minimum atomic E-state index is -0.259. The molecule has 0 aliphatic heterocycles. The van der Waals surface area contributed by atoms with E-state index in [0.29, 0.717) is 22.4 Å². The Kier molecular flexibility index (Phi) is 2.45. The number of ether oxygens (including phenoxy) is 1. The van der Waals surface area contributed by atoms with Crippen LogP contribution in [0.25, 0.3) is 0 Å². The molecule has 0 atom stereocenters. The monoisotopic (exact) mass is 253 g/mol. The van der Waals surface area contributed by atoms with Gasteiger partial charge in [0.2, 0.25) is 5.78 Å². The Balaban J connectivity index is 2.36. The number of benzene rings is 1. The summed E-state index contributed by atoms with van der Waals surface area (Å²) in [4.78, 5) is 29.0. The van der Waals surface area contributed by atoms with Gasteiger partial charge < -0.3 is 4.74 Å². The molecule has 0 fully saturated rings. The fraction of sp³-hybridized carbons (Fsp3) is 0.133. The van der Waals surface area contributed by atoms with Gasteiger partial charge in [0.25, 0.3) is 0 Å². The van der Waals surface area contributed by atoms with Crippen LogP contribution in [-0.4, -0.2) is 23.7 Å². The van der Waals surface area contributed by atoms with Gasteiger partial charge in [0.1, 0.15) is 11.4 Å². The molecule has 0 radical (unpaired) electrons. The number of aromatic nitrogens is 1. The maximum atomic E-state index is 12.5. The molecule has 2 aromatic rings. The zero-order chi connectivity index (χ0) is 13.6. The first-order valence-corrected chi connectivity index (χ1v) is 5.87. The van der Waals surface area contributed by atoms with E-state index < -0.39 is 0 Å². The molecule has 4 heteroatoms. The fourth-order valence-corrected chi connectivity index (χ4v) is 2.39. The van der Waals surface area contributed by atoms with Gasteiger partial charge in [-0.3, -0.25) is 14.6 Å². The maximum Gasteiger partial charge on any atom is 0.216 e. The molecule has 0 saturated carbocycles. The van der Waals surface area contributed by atoms with Crippen molar-refractivity contribution in [2.24, 2.45) is 0 Å². The molecule has 0 spiro atoms. The highest BCUT2D eigenvalue weighted by Gasteiger charge is 2.34. The van der Waals surface area contributed by atoms with Gasteiger partial charge in [0.05, 0.1) is 18.2 Å². The van der Waals surface area contributed by atoms with Gasteiger partial charge in [-0.15, -0.1) is 0 Å². The van der Waals surface area contributed by atoms with E-state index in [1.54, 1.807) is 37.4 Å². The van der Waals surface area contributed by atoms with Crippen LogP contribution < -0.4 is 4.74 Å². The van der Waals surface area contributed by atoms with Gasteiger partial charge in [-0.05, 0) is 24.6 Å². The summed E-state index contributed by atoms with van der Waals surface area (Å²) in [7, 11) is 1.48. The Hall–Kier alpha value is -2.49. The molecule has 0 saturated heterocycles. The third-order valence-electron chi connectivity index (χ3n) is 3.32. The number of hydrogen-bond acceptors (Lipinski definition) is 4. The van der Waals surface area contributed by atoms with Crippen molar-refractivity contribution < 1.29 is 14.3 Å². The van der Waals surface area contributed by atoms with E-state index in [2.05, 4.69) is 4.98 Å². The molecular weight excluding hydrogens is 242 g/mol. The van der Waals surface area contributed by atoms with E-state index in [9.17, 15) is 9.59 Å². The average molecular weight is 253 g/mol. The molecule has 19 heavy (non-hydrogen) atoms. The SMILES string of the molecule is COc1cccc2c1C(=O)c1nccc(C)c1C2=O. The van der Waals surface area contributed by atoms with E-state index in [0.717, 1.165) is 5.56 Å². The number of pyridine rings is 1. The fourth-order valence-electron chi connectivity index (χ4n) is 2.39. The molecule has 1 aromatic heterocycles. The van der Waals surface area contributed by atoms with Crippen molar-refractivity contribution >= 4 is 11.6 Å². The molecule has 1 aliphatic carbocycles. The predicted molar refractivity (Wildman–Crippen MR) is 68.8 cm³/mol. The van der Waals surface area contributed by atoms with Crippen LogP contribution in [0.1, 0.15) is 37.5 Å². The Bertz CT molecular complexity index is 719. The van der Waals surface area contributed by atoms with Gasteiger partial charge in [-0.2, -0.15) is 0 Å². The Morgan fingerprint density at radius 3 is 2.58 bits per heavy atom. The first-order valence-electron chi connectivity index (χ1n) is 5.87. The zero-order valence-corrected chi connectivity index (χ0v) is 10.6. The summed E-state index contributed by atoms with van der Waals surface area (Å²) in [6, 6.07) is 6.76. The molecule has 0 unspecified atom stereocenters. The smallest absolute Gasteiger partial charge is 0.216 e. The summed E-state index contributed by atoms with van der Waals surface area (Å²) >= 11 is 0. The number of nitrogens with zero attached hydrogens (tertiary/aromatic N) is 1. The summed E-state index contributed by atoms with van der Waals surface area (Å²) < 4.78 is 5.18. The predicted octanol–water partition coefficient (Wildman–Crippen LogP) is 2.17. The topological polar surface area (TPSA) is 56.3 Å². The number of hydrogen-bond donors (Lipinski definition) is 0. The number of carbonyl (C=O) groups is 2. The normalized spacial score (nSPS) is 12.9. The van der Waals surface area contributed by atoms with Crippen LogP contribution >= 0.6 is 0 Å². The maximum absolute atomic E-state index is 12.5. The number of aryl methyl sites for hydroxylation is 1. The van der Waals surface area contributed by atoms with Crippen molar-refractivity contribution in [2.75, 3.05) is 7.11 Å². The van der Waals surface area contributed by atoms with Crippen LogP contribution in [0.2, 0.25) is 0 Å². The Labute approximate surface area is 110 Å². The van der Waals surface area contributed by atoms with Crippen LogP contribution in [0.4, 0.5) is 0 Å². The molecule has 1 heterocycles. The van der Waals surface area contributed by atoms with Crippen molar-refractivity contribution in [2.45, 2.75) is 6.92 Å². The molecular formula is C15H11NO3. The minimum absolute atomic E-state index is 0.172. The van der Waals surface area contributed by atoms with Crippen molar-refractivity contribution in [3.05, 3.63) is 58.4 Å². The highest BCUT2D eigenvalue weighted by molar-refractivity contribution is 6.29. The number of rotatable bonds is 1. The number of methoxy groups -OCH3 is 1. The van der Waals surface area contributed by atoms with Gasteiger partial charge >= 0.3 is 0 Å². The van der Waals surface area contributed by atoms with Crippen LogP contribution in [0.3, 0.4) is 0 Å². The minimum Gasteiger partial charge on any atom is -0.496 e. The summed E-state index contributed by atoms with van der Waals surface area (Å²) in [6.07, 6.45) is 1.54. The van der Waals surface area contributed by atoms with Crippen LogP contribution in [0.5, 0.6) is 5.75 Å². The molecule has 0 amide bonds. The van der Waals surface area contributed by atoms with E-state index in [1.165, 1.54) is 7.11 Å². The van der Waals surface area contributed by atoms with Crippen LogP contribution in [-0.2, 0) is 0 Å². The lowest BCUT2D eigenvalue weighted by molar-refractivity contribution is 0.0972. The quantitative estimate of drug-likeness (QED) is 0.667. The summed E-state index contributed by atoms with van der Waals surface area (Å²) in [6.45, 7) is 1.80. The largest absolute Gasteiger partial charge is 0.496 e. The number of fused-ring (bicyclic) bond motifs is 2. The van der Waals surface area contributed by atoms with Gasteiger partial charge in [-0.25, -0.2) is 0 Å². The lowest BCUT2D eigenvalue weighted by Crippen LogP contribution is -2.24. The van der Waals surface area contributed by atoms with Crippen molar-refractivity contribution in [1.82, 2.24) is 4.98 Å². The lowest BCUT2D eigenvalue weighted by Gasteiger charge is -2.19. The molecule has 1 aromatic carbocycles. The second-order valence-electron chi connectivity index (χ2n) is 4.39. The van der Waals surface area contributed by atoms with Gasteiger partial charge in [0.15, 0.2) is 5.78 Å². The van der Waals surface area contributed by atoms with E-state index in [4.69, 9.17) is 4.74 Å². The highest BCUT2D eigenvalue weighted by Crippen LogP contribution is 2.33. The molecule has 4 nitrogen and oxygen atoms in total. The zero-order valence-electron chi connectivity index (χ0n) is 10.6.